The van der Waals surface area contributed by atoms with Crippen LogP contribution >= 0.6 is 11.6 Å². The molecule has 0 aliphatic carbocycles. The summed E-state index contributed by atoms with van der Waals surface area (Å²) in [6.45, 7) is 1.59. The Hall–Kier alpha value is -1.91. The number of hydrogen-bond donors (Lipinski definition) is 1. The molecule has 0 saturated carbocycles. The highest BCUT2D eigenvalue weighted by Crippen LogP contribution is 2.17. The monoisotopic (exact) mass is 319 g/mol. The van der Waals surface area contributed by atoms with Crippen molar-refractivity contribution < 1.29 is 14.5 Å². The van der Waals surface area contributed by atoms with Crippen molar-refractivity contribution in [3.05, 3.63) is 70.5 Å². The number of nitrogens with two attached hydrogens (primary N) is 1. The standard InChI is InChI=1S/C17H16ClFN2O/c18-16-7-2-1-4-13(16)10-20-11-15-9-17(21-22-15)12-5-3-6-14(19)8-12/h1-8,15,20H,9-11H2/p+1/t15-/m1/s1. The molecule has 2 aromatic rings. The second-order valence-electron chi connectivity index (χ2n) is 5.30. The van der Waals surface area contributed by atoms with Crippen molar-refractivity contribution in [1.29, 1.82) is 0 Å². The van der Waals surface area contributed by atoms with Gasteiger partial charge in [0.2, 0.25) is 0 Å². The molecule has 0 amide bonds. The largest absolute Gasteiger partial charge is 0.386 e. The maximum absolute atomic E-state index is 13.2. The van der Waals surface area contributed by atoms with Crippen LogP contribution in [0.15, 0.2) is 53.7 Å². The van der Waals surface area contributed by atoms with Crippen molar-refractivity contribution in [2.45, 2.75) is 19.1 Å². The summed E-state index contributed by atoms with van der Waals surface area (Å²) in [4.78, 5) is 5.43. The minimum absolute atomic E-state index is 0.0146. The maximum Gasteiger partial charge on any atom is 0.181 e. The molecular weight excluding hydrogens is 303 g/mol. The lowest BCUT2D eigenvalue weighted by molar-refractivity contribution is -0.676. The van der Waals surface area contributed by atoms with E-state index in [9.17, 15) is 4.39 Å². The van der Waals surface area contributed by atoms with E-state index in [0.29, 0.717) is 6.42 Å². The summed E-state index contributed by atoms with van der Waals surface area (Å²) in [5.41, 5.74) is 2.69. The number of quaternary nitrogens is 1. The number of rotatable bonds is 5. The zero-order chi connectivity index (χ0) is 15.4. The third-order valence-corrected chi connectivity index (χ3v) is 4.01. The lowest BCUT2D eigenvalue weighted by Crippen LogP contribution is -2.84. The van der Waals surface area contributed by atoms with Gasteiger partial charge in [-0.15, -0.1) is 0 Å². The molecule has 0 radical (unpaired) electrons. The average Bonchev–Trinajstić information content (AvgIpc) is 2.98. The van der Waals surface area contributed by atoms with Crippen molar-refractivity contribution >= 4 is 17.3 Å². The first-order valence-corrected chi connectivity index (χ1v) is 7.64. The molecule has 114 valence electrons. The summed E-state index contributed by atoms with van der Waals surface area (Å²) in [7, 11) is 0. The van der Waals surface area contributed by atoms with Gasteiger partial charge in [-0.25, -0.2) is 4.39 Å². The van der Waals surface area contributed by atoms with Gasteiger partial charge in [0.15, 0.2) is 6.10 Å². The molecule has 1 aliphatic rings. The van der Waals surface area contributed by atoms with Crippen molar-refractivity contribution in [3.63, 3.8) is 0 Å². The Balaban J connectivity index is 1.50. The number of nitrogens with zero attached hydrogens (tertiary/aromatic N) is 1. The van der Waals surface area contributed by atoms with Gasteiger partial charge >= 0.3 is 0 Å². The summed E-state index contributed by atoms with van der Waals surface area (Å²) in [5, 5.41) is 7.00. The Kier molecular flexibility index (Phi) is 4.71. The molecule has 3 nitrogen and oxygen atoms in total. The second-order valence-corrected chi connectivity index (χ2v) is 5.71. The Morgan fingerprint density at radius 3 is 2.91 bits per heavy atom. The lowest BCUT2D eigenvalue weighted by Gasteiger charge is -2.08. The quantitative estimate of drug-likeness (QED) is 0.904. The summed E-state index contributed by atoms with van der Waals surface area (Å²) < 4.78 is 13.2. The van der Waals surface area contributed by atoms with Crippen molar-refractivity contribution in [1.82, 2.24) is 0 Å². The Labute approximate surface area is 133 Å². The van der Waals surface area contributed by atoms with Gasteiger partial charge in [0.25, 0.3) is 0 Å². The van der Waals surface area contributed by atoms with E-state index in [0.717, 1.165) is 35.0 Å². The van der Waals surface area contributed by atoms with Crippen LogP contribution in [0, 0.1) is 5.82 Å². The minimum atomic E-state index is -0.256. The topological polar surface area (TPSA) is 38.2 Å². The minimum Gasteiger partial charge on any atom is -0.386 e. The summed E-state index contributed by atoms with van der Waals surface area (Å²) >= 11 is 6.13. The van der Waals surface area contributed by atoms with Crippen LogP contribution in [0.25, 0.3) is 0 Å². The molecule has 2 N–H and O–H groups in total. The predicted molar refractivity (Wildman–Crippen MR) is 84.4 cm³/mol. The van der Waals surface area contributed by atoms with E-state index in [4.69, 9.17) is 16.4 Å². The fourth-order valence-corrected chi connectivity index (χ4v) is 2.69. The van der Waals surface area contributed by atoms with Gasteiger partial charge in [0.1, 0.15) is 18.9 Å². The normalized spacial score (nSPS) is 17.2. The van der Waals surface area contributed by atoms with Crippen LogP contribution in [-0.4, -0.2) is 18.4 Å². The Morgan fingerprint density at radius 1 is 1.23 bits per heavy atom. The molecule has 1 heterocycles. The number of oxime groups is 1. The van der Waals surface area contributed by atoms with E-state index >= 15 is 0 Å². The molecule has 3 rings (SSSR count). The fourth-order valence-electron chi connectivity index (χ4n) is 2.48. The van der Waals surface area contributed by atoms with Gasteiger partial charge in [-0.2, -0.15) is 0 Å². The van der Waals surface area contributed by atoms with Gasteiger partial charge in [-0.1, -0.05) is 47.1 Å². The molecule has 5 heteroatoms. The number of halogens is 2. The third kappa shape index (κ3) is 3.64. The average molecular weight is 320 g/mol. The Bertz CT molecular complexity index is 690. The van der Waals surface area contributed by atoms with Gasteiger partial charge < -0.3 is 10.2 Å². The van der Waals surface area contributed by atoms with E-state index in [2.05, 4.69) is 10.5 Å². The van der Waals surface area contributed by atoms with Gasteiger partial charge in [-0.05, 0) is 18.2 Å². The first-order valence-electron chi connectivity index (χ1n) is 7.26. The molecule has 0 fully saturated rings. The first kappa shape index (κ1) is 15.0. The molecule has 1 atom stereocenters. The van der Waals surface area contributed by atoms with Crippen molar-refractivity contribution in [3.8, 4) is 0 Å². The van der Waals surface area contributed by atoms with Crippen LogP contribution in [0.2, 0.25) is 5.02 Å². The highest BCUT2D eigenvalue weighted by molar-refractivity contribution is 6.31. The molecule has 0 aromatic heterocycles. The Morgan fingerprint density at radius 2 is 2.09 bits per heavy atom. The summed E-state index contributed by atoms with van der Waals surface area (Å²) in [6, 6.07) is 14.3. The van der Waals surface area contributed by atoms with Gasteiger partial charge in [0.05, 0.1) is 5.71 Å². The maximum atomic E-state index is 13.2. The fraction of sp³-hybridized carbons (Fsp3) is 0.235. The van der Waals surface area contributed by atoms with Crippen molar-refractivity contribution in [2.24, 2.45) is 5.16 Å². The van der Waals surface area contributed by atoms with Crippen molar-refractivity contribution in [2.75, 3.05) is 6.54 Å². The number of hydrogen-bond acceptors (Lipinski definition) is 2. The first-order chi connectivity index (χ1) is 10.7. The van der Waals surface area contributed by atoms with E-state index in [1.165, 1.54) is 12.1 Å². The molecule has 0 saturated heterocycles. The number of benzene rings is 2. The van der Waals surface area contributed by atoms with E-state index in [1.54, 1.807) is 6.07 Å². The summed E-state index contributed by atoms with van der Waals surface area (Å²) in [6.07, 6.45) is 0.711. The molecule has 2 aromatic carbocycles. The van der Waals surface area contributed by atoms with E-state index in [1.807, 2.05) is 30.3 Å². The molecule has 22 heavy (non-hydrogen) atoms. The zero-order valence-electron chi connectivity index (χ0n) is 12.0. The van der Waals surface area contributed by atoms with Crippen LogP contribution in [0.3, 0.4) is 0 Å². The molecule has 1 aliphatic heterocycles. The third-order valence-electron chi connectivity index (χ3n) is 3.64. The highest BCUT2D eigenvalue weighted by Gasteiger charge is 2.23. The zero-order valence-corrected chi connectivity index (χ0v) is 12.8. The van der Waals surface area contributed by atoms with Crippen LogP contribution in [0.5, 0.6) is 0 Å². The van der Waals surface area contributed by atoms with Crippen LogP contribution in [0.4, 0.5) is 4.39 Å². The van der Waals surface area contributed by atoms with Crippen LogP contribution < -0.4 is 5.32 Å². The van der Waals surface area contributed by atoms with E-state index < -0.39 is 0 Å². The lowest BCUT2D eigenvalue weighted by atomic mass is 10.0. The molecule has 0 unspecified atom stereocenters. The van der Waals surface area contributed by atoms with E-state index in [-0.39, 0.29) is 11.9 Å². The molecule has 0 spiro atoms. The van der Waals surface area contributed by atoms with Gasteiger partial charge in [0, 0.05) is 22.6 Å². The van der Waals surface area contributed by atoms with Gasteiger partial charge in [-0.3, -0.25) is 0 Å². The van der Waals surface area contributed by atoms with Crippen LogP contribution in [0.1, 0.15) is 17.5 Å². The summed E-state index contributed by atoms with van der Waals surface area (Å²) in [5.74, 6) is -0.256. The SMILES string of the molecule is Fc1cccc(C2=NO[C@@H](C[NH2+]Cc3ccccc3Cl)C2)c1. The highest BCUT2D eigenvalue weighted by atomic mass is 35.5. The predicted octanol–water partition coefficient (Wildman–Crippen LogP) is 2.74. The van der Waals surface area contributed by atoms with Crippen LogP contribution in [-0.2, 0) is 11.4 Å². The smallest absolute Gasteiger partial charge is 0.181 e. The molecular formula is C17H17ClFN2O+. The second kappa shape index (κ2) is 6.90. The molecule has 0 bridgehead atoms.